The highest BCUT2D eigenvalue weighted by molar-refractivity contribution is 7.81. The van der Waals surface area contributed by atoms with Crippen LogP contribution in [0.2, 0.25) is 0 Å². The summed E-state index contributed by atoms with van der Waals surface area (Å²) in [6.07, 6.45) is 0.442. The van der Waals surface area contributed by atoms with E-state index in [1.807, 2.05) is 0 Å². The van der Waals surface area contributed by atoms with Gasteiger partial charge >= 0.3 is 0 Å². The Bertz CT molecular complexity index is 367. The maximum Gasteiger partial charge on any atom is 0.228 e. The molecule has 1 heterocycles. The van der Waals surface area contributed by atoms with Gasteiger partial charge < -0.3 is 10.0 Å². The van der Waals surface area contributed by atoms with E-state index in [2.05, 4.69) is 12.6 Å². The fourth-order valence-corrected chi connectivity index (χ4v) is 1.93. The molecular weight excluding hydrogens is 198 g/mol. The summed E-state index contributed by atoms with van der Waals surface area (Å²) in [5, 5.41) is 9.63. The first kappa shape index (κ1) is 9.40. The summed E-state index contributed by atoms with van der Waals surface area (Å²) in [6.45, 7) is 0.569. The van der Waals surface area contributed by atoms with Crippen LogP contribution < -0.4 is 4.90 Å². The smallest absolute Gasteiger partial charge is 0.228 e. The summed E-state index contributed by atoms with van der Waals surface area (Å²) in [6, 6.07) is 6.85. The van der Waals surface area contributed by atoms with Crippen LogP contribution in [0.15, 0.2) is 24.3 Å². The number of phenolic OH excluding ortho intramolecular Hbond substituents is 1. The summed E-state index contributed by atoms with van der Waals surface area (Å²) < 4.78 is 0. The summed E-state index contributed by atoms with van der Waals surface area (Å²) in [4.78, 5) is 13.1. The van der Waals surface area contributed by atoms with Crippen LogP contribution in [0.5, 0.6) is 5.75 Å². The van der Waals surface area contributed by atoms with Crippen LogP contribution in [0.1, 0.15) is 6.42 Å². The standard InChI is InChI=1S/C10H11NO2S/c12-9-4-2-1-3-8(9)11-6-7(14)5-10(11)13/h1-4,7,12,14H,5-6H2. The lowest BCUT2D eigenvalue weighted by atomic mass is 10.2. The second-order valence-corrected chi connectivity index (χ2v) is 4.08. The van der Waals surface area contributed by atoms with E-state index in [1.165, 1.54) is 0 Å². The predicted octanol–water partition coefficient (Wildman–Crippen LogP) is 1.43. The minimum Gasteiger partial charge on any atom is -0.506 e. The maximum absolute atomic E-state index is 11.5. The van der Waals surface area contributed by atoms with Gasteiger partial charge in [-0.2, -0.15) is 12.6 Å². The molecule has 14 heavy (non-hydrogen) atoms. The lowest BCUT2D eigenvalue weighted by Gasteiger charge is -2.16. The van der Waals surface area contributed by atoms with Crippen LogP contribution >= 0.6 is 12.6 Å². The van der Waals surface area contributed by atoms with Crippen molar-refractivity contribution >= 4 is 24.2 Å². The highest BCUT2D eigenvalue weighted by Crippen LogP contribution is 2.30. The Hall–Kier alpha value is -1.16. The number of hydrogen-bond donors (Lipinski definition) is 2. The normalized spacial score (nSPS) is 21.6. The van der Waals surface area contributed by atoms with Gasteiger partial charge in [-0.05, 0) is 12.1 Å². The molecule has 0 spiro atoms. The highest BCUT2D eigenvalue weighted by Gasteiger charge is 2.29. The number of carbonyl (C=O) groups is 1. The van der Waals surface area contributed by atoms with Crippen LogP contribution in [-0.2, 0) is 4.79 Å². The molecule has 1 saturated heterocycles. The molecule has 0 radical (unpaired) electrons. The molecule has 0 bridgehead atoms. The second-order valence-electron chi connectivity index (χ2n) is 3.35. The zero-order valence-electron chi connectivity index (χ0n) is 7.55. The minimum absolute atomic E-state index is 0.0199. The number of nitrogens with zero attached hydrogens (tertiary/aromatic N) is 1. The van der Waals surface area contributed by atoms with Gasteiger partial charge in [-0.25, -0.2) is 0 Å². The van der Waals surface area contributed by atoms with Crippen molar-refractivity contribution in [1.82, 2.24) is 0 Å². The molecule has 1 fully saturated rings. The fourth-order valence-electron chi connectivity index (χ4n) is 1.61. The third-order valence-corrected chi connectivity index (χ3v) is 2.62. The van der Waals surface area contributed by atoms with Gasteiger partial charge in [0.2, 0.25) is 5.91 Å². The second kappa shape index (κ2) is 3.53. The van der Waals surface area contributed by atoms with E-state index in [-0.39, 0.29) is 16.9 Å². The molecule has 1 atom stereocenters. The Kier molecular flexibility index (Phi) is 2.37. The molecule has 1 N–H and O–H groups in total. The summed E-state index contributed by atoms with van der Waals surface area (Å²) in [5.74, 6) is 0.162. The zero-order valence-corrected chi connectivity index (χ0v) is 8.45. The Balaban J connectivity index is 2.32. The van der Waals surface area contributed by atoms with Crippen molar-refractivity contribution in [3.05, 3.63) is 24.3 Å². The van der Waals surface area contributed by atoms with Gasteiger partial charge in [0, 0.05) is 18.2 Å². The molecule has 4 heteroatoms. The number of thiol groups is 1. The molecule has 2 rings (SSSR count). The van der Waals surface area contributed by atoms with Crippen molar-refractivity contribution < 1.29 is 9.90 Å². The summed E-state index contributed by atoms with van der Waals surface area (Å²) in [7, 11) is 0. The van der Waals surface area contributed by atoms with E-state index in [0.717, 1.165) is 0 Å². The lowest BCUT2D eigenvalue weighted by Crippen LogP contribution is -2.24. The molecule has 1 unspecified atom stereocenters. The number of para-hydroxylation sites is 2. The van der Waals surface area contributed by atoms with Gasteiger partial charge in [-0.3, -0.25) is 4.79 Å². The van der Waals surface area contributed by atoms with Crippen molar-refractivity contribution in [3.63, 3.8) is 0 Å². The summed E-state index contributed by atoms with van der Waals surface area (Å²) >= 11 is 4.25. The lowest BCUT2D eigenvalue weighted by molar-refractivity contribution is -0.117. The average molecular weight is 209 g/mol. The average Bonchev–Trinajstić information content (AvgIpc) is 2.46. The molecule has 0 aromatic heterocycles. The number of phenols is 1. The van der Waals surface area contributed by atoms with Gasteiger partial charge in [-0.1, -0.05) is 12.1 Å². The Labute approximate surface area is 87.8 Å². The SMILES string of the molecule is O=C1CC(S)CN1c1ccccc1O. The molecule has 1 aromatic carbocycles. The molecule has 3 nitrogen and oxygen atoms in total. The van der Waals surface area contributed by atoms with Crippen LogP contribution in [0.25, 0.3) is 0 Å². The Morgan fingerprint density at radius 2 is 2.14 bits per heavy atom. The fraction of sp³-hybridized carbons (Fsp3) is 0.300. The van der Waals surface area contributed by atoms with E-state index in [1.54, 1.807) is 29.2 Å². The number of carbonyl (C=O) groups excluding carboxylic acids is 1. The summed E-state index contributed by atoms with van der Waals surface area (Å²) in [5.41, 5.74) is 0.578. The predicted molar refractivity (Wildman–Crippen MR) is 57.9 cm³/mol. The third kappa shape index (κ3) is 1.57. The van der Waals surface area contributed by atoms with Crippen LogP contribution in [0.4, 0.5) is 5.69 Å². The van der Waals surface area contributed by atoms with Crippen molar-refractivity contribution in [3.8, 4) is 5.75 Å². The van der Waals surface area contributed by atoms with E-state index in [4.69, 9.17) is 0 Å². The number of amides is 1. The molecule has 1 aliphatic rings. The Morgan fingerprint density at radius 3 is 2.71 bits per heavy atom. The Morgan fingerprint density at radius 1 is 1.43 bits per heavy atom. The van der Waals surface area contributed by atoms with Crippen LogP contribution in [-0.4, -0.2) is 22.8 Å². The van der Waals surface area contributed by atoms with Crippen LogP contribution in [0, 0.1) is 0 Å². The molecule has 1 amide bonds. The topological polar surface area (TPSA) is 40.5 Å². The first-order valence-electron chi connectivity index (χ1n) is 4.45. The number of aromatic hydroxyl groups is 1. The van der Waals surface area contributed by atoms with Crippen molar-refractivity contribution in [2.75, 3.05) is 11.4 Å². The minimum atomic E-state index is 0.0199. The van der Waals surface area contributed by atoms with E-state index in [0.29, 0.717) is 18.7 Å². The molecule has 1 aliphatic heterocycles. The number of rotatable bonds is 1. The molecule has 74 valence electrons. The number of benzene rings is 1. The quantitative estimate of drug-likeness (QED) is 0.687. The molecule has 0 aliphatic carbocycles. The van der Waals surface area contributed by atoms with Gasteiger partial charge in [0.1, 0.15) is 5.75 Å². The first-order chi connectivity index (χ1) is 6.68. The van der Waals surface area contributed by atoms with Gasteiger partial charge in [0.25, 0.3) is 0 Å². The van der Waals surface area contributed by atoms with E-state index >= 15 is 0 Å². The number of anilines is 1. The zero-order chi connectivity index (χ0) is 10.1. The maximum atomic E-state index is 11.5. The van der Waals surface area contributed by atoms with Crippen molar-refractivity contribution in [1.29, 1.82) is 0 Å². The molecule has 0 saturated carbocycles. The van der Waals surface area contributed by atoms with Gasteiger partial charge in [-0.15, -0.1) is 0 Å². The monoisotopic (exact) mass is 209 g/mol. The van der Waals surface area contributed by atoms with Crippen molar-refractivity contribution in [2.45, 2.75) is 11.7 Å². The van der Waals surface area contributed by atoms with E-state index < -0.39 is 0 Å². The van der Waals surface area contributed by atoms with Crippen molar-refractivity contribution in [2.24, 2.45) is 0 Å². The largest absolute Gasteiger partial charge is 0.506 e. The van der Waals surface area contributed by atoms with Gasteiger partial charge in [0.15, 0.2) is 0 Å². The number of hydrogen-bond acceptors (Lipinski definition) is 3. The molecular formula is C10H11NO2S. The third-order valence-electron chi connectivity index (χ3n) is 2.28. The van der Waals surface area contributed by atoms with Gasteiger partial charge in [0.05, 0.1) is 5.69 Å². The molecule has 1 aromatic rings. The van der Waals surface area contributed by atoms with E-state index in [9.17, 15) is 9.90 Å². The first-order valence-corrected chi connectivity index (χ1v) is 4.96. The van der Waals surface area contributed by atoms with Crippen LogP contribution in [0.3, 0.4) is 0 Å². The highest BCUT2D eigenvalue weighted by atomic mass is 32.1.